The highest BCUT2D eigenvalue weighted by atomic mass is 16.2. The first kappa shape index (κ1) is 13.1. The van der Waals surface area contributed by atoms with Crippen molar-refractivity contribution in [2.45, 2.75) is 18.9 Å². The minimum atomic E-state index is 0.0675. The van der Waals surface area contributed by atoms with Gasteiger partial charge in [0.25, 0.3) is 0 Å². The van der Waals surface area contributed by atoms with Crippen LogP contribution in [0.3, 0.4) is 0 Å². The fourth-order valence-corrected chi connectivity index (χ4v) is 2.36. The summed E-state index contributed by atoms with van der Waals surface area (Å²) in [6.45, 7) is 2.45. The van der Waals surface area contributed by atoms with Crippen molar-refractivity contribution < 1.29 is 4.79 Å². The van der Waals surface area contributed by atoms with Crippen molar-refractivity contribution in [1.29, 1.82) is 0 Å². The van der Waals surface area contributed by atoms with E-state index in [0.717, 1.165) is 25.2 Å². The van der Waals surface area contributed by atoms with E-state index in [2.05, 4.69) is 15.5 Å². The standard InChI is InChI=1S/C14H21N3O/c1-15-13-8-5-9-17(10-13)11-14(18)16-12-6-3-2-4-7-12/h2-4,6-7,13,15H,5,8-11H2,1H3,(H,16,18). The van der Waals surface area contributed by atoms with Crippen molar-refractivity contribution in [3.8, 4) is 0 Å². The van der Waals surface area contributed by atoms with Crippen LogP contribution in [0.1, 0.15) is 12.8 Å². The summed E-state index contributed by atoms with van der Waals surface area (Å²) < 4.78 is 0. The third kappa shape index (κ3) is 3.82. The van der Waals surface area contributed by atoms with Crippen LogP contribution in [0.5, 0.6) is 0 Å². The second-order valence-corrected chi connectivity index (χ2v) is 4.78. The SMILES string of the molecule is CNC1CCCN(CC(=O)Nc2ccccc2)C1. The lowest BCUT2D eigenvalue weighted by atomic mass is 10.1. The van der Waals surface area contributed by atoms with Gasteiger partial charge in [0.05, 0.1) is 6.54 Å². The highest BCUT2D eigenvalue weighted by Crippen LogP contribution is 2.10. The molecule has 1 aliphatic heterocycles. The van der Waals surface area contributed by atoms with E-state index >= 15 is 0 Å². The normalized spacial score (nSPS) is 20.6. The molecule has 1 unspecified atom stereocenters. The van der Waals surface area contributed by atoms with Crippen LogP contribution in [-0.4, -0.2) is 43.5 Å². The molecule has 1 saturated heterocycles. The molecule has 0 spiro atoms. The number of para-hydroxylation sites is 1. The van der Waals surface area contributed by atoms with Crippen molar-refractivity contribution in [3.05, 3.63) is 30.3 Å². The Kier molecular flexibility index (Phi) is 4.73. The molecular formula is C14H21N3O. The Morgan fingerprint density at radius 2 is 2.17 bits per heavy atom. The number of hydrogen-bond acceptors (Lipinski definition) is 3. The van der Waals surface area contributed by atoms with Crippen molar-refractivity contribution in [2.24, 2.45) is 0 Å². The van der Waals surface area contributed by atoms with Crippen molar-refractivity contribution >= 4 is 11.6 Å². The molecule has 1 aliphatic rings. The van der Waals surface area contributed by atoms with Crippen molar-refractivity contribution in [3.63, 3.8) is 0 Å². The van der Waals surface area contributed by atoms with Crippen LogP contribution in [0.15, 0.2) is 30.3 Å². The summed E-state index contributed by atoms with van der Waals surface area (Å²) in [4.78, 5) is 14.1. The summed E-state index contributed by atoms with van der Waals surface area (Å²) in [5.74, 6) is 0.0675. The van der Waals surface area contributed by atoms with E-state index in [1.54, 1.807) is 0 Å². The van der Waals surface area contributed by atoms with E-state index < -0.39 is 0 Å². The predicted molar refractivity (Wildman–Crippen MR) is 73.6 cm³/mol. The molecule has 0 bridgehead atoms. The Hall–Kier alpha value is -1.39. The van der Waals surface area contributed by atoms with Crippen LogP contribution >= 0.6 is 0 Å². The Bertz CT molecular complexity index is 380. The maximum Gasteiger partial charge on any atom is 0.238 e. The van der Waals surface area contributed by atoms with E-state index in [4.69, 9.17) is 0 Å². The molecule has 1 fully saturated rings. The van der Waals surface area contributed by atoms with E-state index in [0.29, 0.717) is 12.6 Å². The van der Waals surface area contributed by atoms with Crippen LogP contribution in [0.25, 0.3) is 0 Å². The number of nitrogens with one attached hydrogen (secondary N) is 2. The molecule has 2 rings (SSSR count). The number of likely N-dealkylation sites (tertiary alicyclic amines) is 1. The number of likely N-dealkylation sites (N-methyl/N-ethyl adjacent to an activating group) is 1. The van der Waals surface area contributed by atoms with Crippen molar-refractivity contribution in [1.82, 2.24) is 10.2 Å². The summed E-state index contributed by atoms with van der Waals surface area (Å²) >= 11 is 0. The van der Waals surface area contributed by atoms with Gasteiger partial charge in [0.2, 0.25) is 5.91 Å². The number of anilines is 1. The largest absolute Gasteiger partial charge is 0.325 e. The molecule has 1 aromatic rings. The second-order valence-electron chi connectivity index (χ2n) is 4.78. The maximum atomic E-state index is 11.9. The molecule has 0 aromatic heterocycles. The Morgan fingerprint density at radius 3 is 2.89 bits per heavy atom. The quantitative estimate of drug-likeness (QED) is 0.843. The number of benzene rings is 1. The van der Waals surface area contributed by atoms with Gasteiger partial charge in [-0.3, -0.25) is 9.69 Å². The van der Waals surface area contributed by atoms with Gasteiger partial charge in [-0.15, -0.1) is 0 Å². The number of carbonyl (C=O) groups excluding carboxylic acids is 1. The van der Waals surface area contributed by atoms with Crippen LogP contribution in [-0.2, 0) is 4.79 Å². The van der Waals surface area contributed by atoms with Gasteiger partial charge in [-0.25, -0.2) is 0 Å². The van der Waals surface area contributed by atoms with Gasteiger partial charge in [0.15, 0.2) is 0 Å². The molecule has 1 aromatic carbocycles. The molecule has 18 heavy (non-hydrogen) atoms. The number of nitrogens with zero attached hydrogens (tertiary/aromatic N) is 1. The first-order valence-electron chi connectivity index (χ1n) is 6.52. The average molecular weight is 247 g/mol. The van der Waals surface area contributed by atoms with E-state index in [9.17, 15) is 4.79 Å². The molecule has 2 N–H and O–H groups in total. The predicted octanol–water partition coefficient (Wildman–Crippen LogP) is 1.31. The zero-order valence-corrected chi connectivity index (χ0v) is 10.9. The number of hydrogen-bond donors (Lipinski definition) is 2. The summed E-state index contributed by atoms with van der Waals surface area (Å²) in [6.07, 6.45) is 2.36. The lowest BCUT2D eigenvalue weighted by Crippen LogP contribution is -2.46. The summed E-state index contributed by atoms with van der Waals surface area (Å²) in [5, 5.41) is 6.20. The first-order valence-corrected chi connectivity index (χ1v) is 6.52. The highest BCUT2D eigenvalue weighted by molar-refractivity contribution is 5.92. The number of carbonyl (C=O) groups is 1. The molecular weight excluding hydrogens is 226 g/mol. The van der Waals surface area contributed by atoms with Gasteiger partial charge in [-0.1, -0.05) is 18.2 Å². The molecule has 0 radical (unpaired) electrons. The van der Waals surface area contributed by atoms with Gasteiger partial charge in [-0.2, -0.15) is 0 Å². The van der Waals surface area contributed by atoms with E-state index in [-0.39, 0.29) is 5.91 Å². The molecule has 4 nitrogen and oxygen atoms in total. The lowest BCUT2D eigenvalue weighted by molar-refractivity contribution is -0.117. The second kappa shape index (κ2) is 6.52. The van der Waals surface area contributed by atoms with Crippen LogP contribution < -0.4 is 10.6 Å². The molecule has 1 amide bonds. The first-order chi connectivity index (χ1) is 8.78. The maximum absolute atomic E-state index is 11.9. The van der Waals surface area contributed by atoms with E-state index in [1.807, 2.05) is 37.4 Å². The Labute approximate surface area is 108 Å². The van der Waals surface area contributed by atoms with Crippen LogP contribution in [0.2, 0.25) is 0 Å². The molecule has 4 heteroatoms. The van der Waals surface area contributed by atoms with Gasteiger partial charge in [0.1, 0.15) is 0 Å². The molecule has 1 heterocycles. The topological polar surface area (TPSA) is 44.4 Å². The summed E-state index contributed by atoms with van der Waals surface area (Å²) in [5.41, 5.74) is 0.865. The minimum absolute atomic E-state index is 0.0675. The fraction of sp³-hybridized carbons (Fsp3) is 0.500. The lowest BCUT2D eigenvalue weighted by Gasteiger charge is -2.31. The summed E-state index contributed by atoms with van der Waals surface area (Å²) in [6, 6.07) is 10.1. The highest BCUT2D eigenvalue weighted by Gasteiger charge is 2.20. The van der Waals surface area contributed by atoms with Crippen molar-refractivity contribution in [2.75, 3.05) is 32.0 Å². The van der Waals surface area contributed by atoms with E-state index in [1.165, 1.54) is 6.42 Å². The molecule has 1 atom stereocenters. The zero-order valence-electron chi connectivity index (χ0n) is 10.9. The van der Waals surface area contributed by atoms with Crippen LogP contribution in [0.4, 0.5) is 5.69 Å². The fourth-order valence-electron chi connectivity index (χ4n) is 2.36. The minimum Gasteiger partial charge on any atom is -0.325 e. The average Bonchev–Trinajstić information content (AvgIpc) is 2.40. The third-order valence-corrected chi connectivity index (χ3v) is 3.34. The Balaban J connectivity index is 1.80. The van der Waals surface area contributed by atoms with Gasteiger partial charge >= 0.3 is 0 Å². The van der Waals surface area contributed by atoms with Crippen LogP contribution in [0, 0.1) is 0 Å². The number of piperidine rings is 1. The molecule has 0 aliphatic carbocycles. The smallest absolute Gasteiger partial charge is 0.238 e. The Morgan fingerprint density at radius 1 is 1.39 bits per heavy atom. The molecule has 0 saturated carbocycles. The third-order valence-electron chi connectivity index (χ3n) is 3.34. The number of rotatable bonds is 4. The summed E-state index contributed by atoms with van der Waals surface area (Å²) in [7, 11) is 1.98. The van der Waals surface area contributed by atoms with Gasteiger partial charge in [0, 0.05) is 18.3 Å². The monoisotopic (exact) mass is 247 g/mol. The number of amides is 1. The van der Waals surface area contributed by atoms with Gasteiger partial charge < -0.3 is 10.6 Å². The molecule has 98 valence electrons. The zero-order chi connectivity index (χ0) is 12.8. The van der Waals surface area contributed by atoms with Gasteiger partial charge in [-0.05, 0) is 38.6 Å².